The normalized spacial score (nSPS) is 18.6. The third-order valence-electron chi connectivity index (χ3n) is 4.21. The number of amides is 1. The van der Waals surface area contributed by atoms with E-state index in [0.717, 1.165) is 23.2 Å². The molecule has 22 heavy (non-hydrogen) atoms. The zero-order valence-electron chi connectivity index (χ0n) is 12.7. The lowest BCUT2D eigenvalue weighted by Gasteiger charge is -2.41. The van der Waals surface area contributed by atoms with Gasteiger partial charge in [0.2, 0.25) is 0 Å². The molecule has 0 bridgehead atoms. The number of nitrogens with one attached hydrogen (secondary N) is 1. The van der Waals surface area contributed by atoms with Crippen molar-refractivity contribution in [1.82, 2.24) is 4.90 Å². The Labute approximate surface area is 135 Å². The van der Waals surface area contributed by atoms with Crippen molar-refractivity contribution in [3.63, 3.8) is 0 Å². The Hall–Kier alpha value is -2.00. The van der Waals surface area contributed by atoms with E-state index in [-0.39, 0.29) is 18.1 Å². The Morgan fingerprint density at radius 3 is 2.55 bits per heavy atom. The third kappa shape index (κ3) is 2.57. The van der Waals surface area contributed by atoms with Crippen LogP contribution in [-0.2, 0) is 0 Å². The Morgan fingerprint density at radius 1 is 1.18 bits per heavy atom. The van der Waals surface area contributed by atoms with E-state index >= 15 is 0 Å². The van der Waals surface area contributed by atoms with E-state index in [1.54, 1.807) is 0 Å². The number of nitrogens with zero attached hydrogens (tertiary/aromatic N) is 1. The van der Waals surface area contributed by atoms with Crippen LogP contribution in [0.3, 0.4) is 0 Å². The molecule has 1 amide bonds. The van der Waals surface area contributed by atoms with Gasteiger partial charge in [0, 0.05) is 16.8 Å². The molecule has 1 aliphatic rings. The third-order valence-corrected chi connectivity index (χ3v) is 4.47. The lowest BCUT2D eigenvalue weighted by molar-refractivity contribution is 0.0593. The van der Waals surface area contributed by atoms with Crippen molar-refractivity contribution < 1.29 is 4.79 Å². The molecule has 0 unspecified atom stereocenters. The highest BCUT2D eigenvalue weighted by atomic mass is 35.5. The van der Waals surface area contributed by atoms with E-state index in [0.29, 0.717) is 5.02 Å². The van der Waals surface area contributed by atoms with Crippen LogP contribution < -0.4 is 5.32 Å². The van der Waals surface area contributed by atoms with E-state index in [1.807, 2.05) is 53.4 Å². The molecule has 3 nitrogen and oxygen atoms in total. The van der Waals surface area contributed by atoms with Gasteiger partial charge < -0.3 is 10.2 Å². The molecule has 2 atom stereocenters. The summed E-state index contributed by atoms with van der Waals surface area (Å²) in [5.74, 6) is 0.0728. The van der Waals surface area contributed by atoms with Crippen LogP contribution in [0, 0.1) is 0 Å². The predicted octanol–water partition coefficient (Wildman–Crippen LogP) is 4.71. The average Bonchev–Trinajstić information content (AvgIpc) is 2.55. The Bertz CT molecular complexity index is 684. The SMILES string of the molecule is CC[C@@H](C)N1C(=O)c2ccccc2N[C@H]1c1ccc(Cl)cc1. The number of halogens is 1. The van der Waals surface area contributed by atoms with Crippen molar-refractivity contribution in [2.24, 2.45) is 0 Å². The van der Waals surface area contributed by atoms with E-state index in [2.05, 4.69) is 19.2 Å². The summed E-state index contributed by atoms with van der Waals surface area (Å²) in [4.78, 5) is 14.8. The molecule has 1 aliphatic heterocycles. The van der Waals surface area contributed by atoms with Crippen molar-refractivity contribution in [3.8, 4) is 0 Å². The van der Waals surface area contributed by atoms with Gasteiger partial charge in [0.1, 0.15) is 6.17 Å². The van der Waals surface area contributed by atoms with Crippen LogP contribution in [0.1, 0.15) is 42.4 Å². The van der Waals surface area contributed by atoms with E-state index in [1.165, 1.54) is 0 Å². The number of carbonyl (C=O) groups excluding carboxylic acids is 1. The second-order valence-electron chi connectivity index (χ2n) is 5.61. The standard InChI is InChI=1S/C18H19ClN2O/c1-3-12(2)21-17(13-8-10-14(19)11-9-13)20-16-7-5-4-6-15(16)18(21)22/h4-12,17,20H,3H2,1-2H3/t12-,17-/m1/s1. The minimum atomic E-state index is -0.172. The Morgan fingerprint density at radius 2 is 1.86 bits per heavy atom. The molecule has 3 rings (SSSR count). The molecule has 0 radical (unpaired) electrons. The van der Waals surface area contributed by atoms with Crippen molar-refractivity contribution in [3.05, 3.63) is 64.7 Å². The van der Waals surface area contributed by atoms with Crippen molar-refractivity contribution in [1.29, 1.82) is 0 Å². The second kappa shape index (κ2) is 6.01. The summed E-state index contributed by atoms with van der Waals surface area (Å²) >= 11 is 5.99. The van der Waals surface area contributed by atoms with E-state index < -0.39 is 0 Å². The number of benzene rings is 2. The summed E-state index contributed by atoms with van der Waals surface area (Å²) in [6, 6.07) is 15.5. The number of fused-ring (bicyclic) bond motifs is 1. The second-order valence-corrected chi connectivity index (χ2v) is 6.05. The average molecular weight is 315 g/mol. The Kier molecular flexibility index (Phi) is 4.08. The van der Waals surface area contributed by atoms with Crippen molar-refractivity contribution in [2.75, 3.05) is 5.32 Å². The van der Waals surface area contributed by atoms with Crippen LogP contribution in [0.5, 0.6) is 0 Å². The van der Waals surface area contributed by atoms with Crippen molar-refractivity contribution >= 4 is 23.2 Å². The van der Waals surface area contributed by atoms with Gasteiger partial charge in [-0.3, -0.25) is 4.79 Å². The fourth-order valence-electron chi connectivity index (χ4n) is 2.81. The maximum Gasteiger partial charge on any atom is 0.258 e. The first-order valence-electron chi connectivity index (χ1n) is 7.55. The summed E-state index contributed by atoms with van der Waals surface area (Å²) in [7, 11) is 0. The van der Waals surface area contributed by atoms with Crippen LogP contribution in [0.25, 0.3) is 0 Å². The minimum Gasteiger partial charge on any atom is -0.361 e. The number of anilines is 1. The van der Waals surface area contributed by atoms with Gasteiger partial charge >= 0.3 is 0 Å². The number of hydrogen-bond acceptors (Lipinski definition) is 2. The molecule has 2 aromatic rings. The van der Waals surface area contributed by atoms with Gasteiger partial charge in [0.05, 0.1) is 5.56 Å². The topological polar surface area (TPSA) is 32.3 Å². The van der Waals surface area contributed by atoms with Gasteiger partial charge in [-0.05, 0) is 43.2 Å². The highest BCUT2D eigenvalue weighted by Gasteiger charge is 2.35. The highest BCUT2D eigenvalue weighted by Crippen LogP contribution is 2.35. The number of rotatable bonds is 3. The predicted molar refractivity (Wildman–Crippen MR) is 90.2 cm³/mol. The summed E-state index contributed by atoms with van der Waals surface area (Å²) in [5.41, 5.74) is 2.65. The maximum absolute atomic E-state index is 12.9. The van der Waals surface area contributed by atoms with E-state index in [4.69, 9.17) is 11.6 Å². The summed E-state index contributed by atoms with van der Waals surface area (Å²) in [6.07, 6.45) is 0.731. The largest absolute Gasteiger partial charge is 0.361 e. The monoisotopic (exact) mass is 314 g/mol. The molecule has 0 aliphatic carbocycles. The first-order valence-corrected chi connectivity index (χ1v) is 7.93. The van der Waals surface area contributed by atoms with Gasteiger partial charge in [-0.1, -0.05) is 42.8 Å². The highest BCUT2D eigenvalue weighted by molar-refractivity contribution is 6.30. The van der Waals surface area contributed by atoms with Gasteiger partial charge in [-0.25, -0.2) is 0 Å². The van der Waals surface area contributed by atoms with Crippen LogP contribution in [0.4, 0.5) is 5.69 Å². The Balaban J connectivity index is 2.06. The quantitative estimate of drug-likeness (QED) is 0.890. The van der Waals surface area contributed by atoms with Gasteiger partial charge in [0.25, 0.3) is 5.91 Å². The van der Waals surface area contributed by atoms with Crippen LogP contribution >= 0.6 is 11.6 Å². The number of hydrogen-bond donors (Lipinski definition) is 1. The molecular formula is C18H19ClN2O. The fourth-order valence-corrected chi connectivity index (χ4v) is 2.93. The smallest absolute Gasteiger partial charge is 0.258 e. The first-order chi connectivity index (χ1) is 10.6. The van der Waals surface area contributed by atoms with E-state index in [9.17, 15) is 4.79 Å². The lowest BCUT2D eigenvalue weighted by Crippen LogP contribution is -2.47. The van der Waals surface area contributed by atoms with Gasteiger partial charge in [-0.15, -0.1) is 0 Å². The molecule has 1 N–H and O–H groups in total. The molecule has 114 valence electrons. The fraction of sp³-hybridized carbons (Fsp3) is 0.278. The van der Waals surface area contributed by atoms with Gasteiger partial charge in [-0.2, -0.15) is 0 Å². The maximum atomic E-state index is 12.9. The number of carbonyl (C=O) groups is 1. The summed E-state index contributed by atoms with van der Waals surface area (Å²) in [6.45, 7) is 4.17. The minimum absolute atomic E-state index is 0.0728. The van der Waals surface area contributed by atoms with Gasteiger partial charge in [0.15, 0.2) is 0 Å². The molecule has 0 spiro atoms. The van der Waals surface area contributed by atoms with Crippen molar-refractivity contribution in [2.45, 2.75) is 32.5 Å². The molecule has 0 fully saturated rings. The molecule has 0 aromatic heterocycles. The summed E-state index contributed by atoms with van der Waals surface area (Å²) in [5, 5.41) is 4.19. The first kappa shape index (κ1) is 14.9. The summed E-state index contributed by atoms with van der Waals surface area (Å²) < 4.78 is 0. The molecular weight excluding hydrogens is 296 g/mol. The molecule has 0 saturated carbocycles. The van der Waals surface area contributed by atoms with Crippen LogP contribution in [0.2, 0.25) is 5.02 Å². The zero-order valence-corrected chi connectivity index (χ0v) is 13.5. The lowest BCUT2D eigenvalue weighted by atomic mass is 10.0. The molecule has 0 saturated heterocycles. The molecule has 2 aromatic carbocycles. The molecule has 4 heteroatoms. The van der Waals surface area contributed by atoms with Crippen LogP contribution in [0.15, 0.2) is 48.5 Å². The zero-order chi connectivity index (χ0) is 15.7. The number of para-hydroxylation sites is 1. The van der Waals surface area contributed by atoms with Crippen LogP contribution in [-0.4, -0.2) is 16.8 Å². The molecule has 1 heterocycles.